The standard InChI is InChI=1S/C19H23NO3S/c1-14(2)16-7-5-15(6-8-16)13-20(3)19(21)17-9-11-18(12-10-17)24(4,22)23/h5-12,14H,13H2,1-4H3. The highest BCUT2D eigenvalue weighted by molar-refractivity contribution is 7.90. The zero-order chi connectivity index (χ0) is 17.9. The summed E-state index contributed by atoms with van der Waals surface area (Å²) in [5, 5.41) is 0. The largest absolute Gasteiger partial charge is 0.337 e. The molecule has 0 saturated carbocycles. The lowest BCUT2D eigenvalue weighted by atomic mass is 10.0. The Kier molecular flexibility index (Phi) is 5.44. The van der Waals surface area contributed by atoms with Crippen molar-refractivity contribution in [2.75, 3.05) is 13.3 Å². The molecule has 0 radical (unpaired) electrons. The SMILES string of the molecule is CC(C)c1ccc(CN(C)C(=O)c2ccc(S(C)(=O)=O)cc2)cc1. The van der Waals surface area contributed by atoms with Crippen LogP contribution in [0.3, 0.4) is 0 Å². The molecule has 24 heavy (non-hydrogen) atoms. The van der Waals surface area contributed by atoms with Gasteiger partial charge in [0.2, 0.25) is 0 Å². The fourth-order valence-electron chi connectivity index (χ4n) is 2.42. The molecule has 0 fully saturated rings. The van der Waals surface area contributed by atoms with E-state index >= 15 is 0 Å². The van der Waals surface area contributed by atoms with Crippen LogP contribution in [0.25, 0.3) is 0 Å². The van der Waals surface area contributed by atoms with Gasteiger partial charge in [-0.1, -0.05) is 38.1 Å². The molecule has 2 aromatic carbocycles. The smallest absolute Gasteiger partial charge is 0.253 e. The molecule has 0 aliphatic heterocycles. The van der Waals surface area contributed by atoms with Gasteiger partial charge in [0.25, 0.3) is 5.91 Å². The molecule has 0 spiro atoms. The first-order chi connectivity index (χ1) is 11.2. The van der Waals surface area contributed by atoms with E-state index < -0.39 is 9.84 Å². The molecular formula is C19H23NO3S. The molecule has 0 bridgehead atoms. The van der Waals surface area contributed by atoms with Crippen LogP contribution in [0, 0.1) is 0 Å². The van der Waals surface area contributed by atoms with Crippen LogP contribution in [0.1, 0.15) is 41.3 Å². The lowest BCUT2D eigenvalue weighted by Gasteiger charge is -2.18. The summed E-state index contributed by atoms with van der Waals surface area (Å²) in [5.41, 5.74) is 2.80. The molecule has 0 atom stereocenters. The van der Waals surface area contributed by atoms with E-state index in [0.717, 1.165) is 11.8 Å². The van der Waals surface area contributed by atoms with Crippen molar-refractivity contribution in [2.45, 2.75) is 31.2 Å². The van der Waals surface area contributed by atoms with Crippen molar-refractivity contribution in [3.05, 3.63) is 65.2 Å². The molecular weight excluding hydrogens is 322 g/mol. The maximum Gasteiger partial charge on any atom is 0.253 e. The average Bonchev–Trinajstić information content (AvgIpc) is 2.54. The van der Waals surface area contributed by atoms with Crippen LogP contribution < -0.4 is 0 Å². The predicted octanol–water partition coefficient (Wildman–Crippen LogP) is 3.49. The monoisotopic (exact) mass is 345 g/mol. The third-order valence-corrected chi connectivity index (χ3v) is 5.07. The Morgan fingerprint density at radius 2 is 1.54 bits per heavy atom. The Bertz CT molecular complexity index is 807. The van der Waals surface area contributed by atoms with Crippen LogP contribution in [0.2, 0.25) is 0 Å². The van der Waals surface area contributed by atoms with Crippen LogP contribution in [0.15, 0.2) is 53.4 Å². The van der Waals surface area contributed by atoms with Crippen LogP contribution >= 0.6 is 0 Å². The van der Waals surface area contributed by atoms with E-state index in [0.29, 0.717) is 18.0 Å². The minimum atomic E-state index is -3.25. The molecule has 0 unspecified atom stereocenters. The van der Waals surface area contributed by atoms with Crippen molar-refractivity contribution in [3.63, 3.8) is 0 Å². The Hall–Kier alpha value is -2.14. The zero-order valence-corrected chi connectivity index (χ0v) is 15.3. The molecule has 5 heteroatoms. The highest BCUT2D eigenvalue weighted by Gasteiger charge is 2.14. The van der Waals surface area contributed by atoms with E-state index in [9.17, 15) is 13.2 Å². The van der Waals surface area contributed by atoms with E-state index in [1.54, 1.807) is 24.1 Å². The fraction of sp³-hybridized carbons (Fsp3) is 0.316. The first kappa shape index (κ1) is 18.2. The van der Waals surface area contributed by atoms with Gasteiger partial charge in [-0.2, -0.15) is 0 Å². The van der Waals surface area contributed by atoms with Gasteiger partial charge in [-0.25, -0.2) is 8.42 Å². The summed E-state index contributed by atoms with van der Waals surface area (Å²) in [6, 6.07) is 14.3. The second kappa shape index (κ2) is 7.18. The minimum Gasteiger partial charge on any atom is -0.337 e. The van der Waals surface area contributed by atoms with E-state index in [1.165, 1.54) is 17.7 Å². The van der Waals surface area contributed by atoms with Gasteiger partial charge in [0.1, 0.15) is 0 Å². The molecule has 0 N–H and O–H groups in total. The zero-order valence-electron chi connectivity index (χ0n) is 14.5. The molecule has 2 rings (SSSR count). The summed E-state index contributed by atoms with van der Waals surface area (Å²) in [5.74, 6) is 0.342. The van der Waals surface area contributed by atoms with Gasteiger partial charge in [0, 0.05) is 25.4 Å². The summed E-state index contributed by atoms with van der Waals surface area (Å²) >= 11 is 0. The molecule has 0 aliphatic rings. The van der Waals surface area contributed by atoms with Crippen molar-refractivity contribution < 1.29 is 13.2 Å². The molecule has 1 amide bonds. The fourth-order valence-corrected chi connectivity index (χ4v) is 3.05. The summed E-state index contributed by atoms with van der Waals surface area (Å²) in [6.07, 6.45) is 1.15. The van der Waals surface area contributed by atoms with E-state index in [2.05, 4.69) is 26.0 Å². The number of nitrogens with zero attached hydrogens (tertiary/aromatic N) is 1. The van der Waals surface area contributed by atoms with Crippen molar-refractivity contribution in [2.24, 2.45) is 0 Å². The molecule has 0 aliphatic carbocycles. The first-order valence-electron chi connectivity index (χ1n) is 7.83. The summed E-state index contributed by atoms with van der Waals surface area (Å²) in [4.78, 5) is 14.3. The number of carbonyl (C=O) groups is 1. The average molecular weight is 345 g/mol. The molecule has 2 aromatic rings. The van der Waals surface area contributed by atoms with E-state index in [1.807, 2.05) is 12.1 Å². The van der Waals surface area contributed by atoms with E-state index in [4.69, 9.17) is 0 Å². The lowest BCUT2D eigenvalue weighted by Crippen LogP contribution is -2.26. The van der Waals surface area contributed by atoms with Crippen LogP contribution in [-0.4, -0.2) is 32.5 Å². The number of hydrogen-bond acceptors (Lipinski definition) is 3. The van der Waals surface area contributed by atoms with Crippen molar-refractivity contribution >= 4 is 15.7 Å². The molecule has 128 valence electrons. The number of rotatable bonds is 5. The number of hydrogen-bond donors (Lipinski definition) is 0. The van der Waals surface area contributed by atoms with Gasteiger partial charge in [0.15, 0.2) is 9.84 Å². The van der Waals surface area contributed by atoms with Gasteiger partial charge < -0.3 is 4.90 Å². The highest BCUT2D eigenvalue weighted by atomic mass is 32.2. The van der Waals surface area contributed by atoms with Crippen LogP contribution in [0.4, 0.5) is 0 Å². The maximum absolute atomic E-state index is 12.5. The molecule has 0 heterocycles. The molecule has 0 saturated heterocycles. The molecule has 0 aromatic heterocycles. The van der Waals surface area contributed by atoms with Crippen molar-refractivity contribution in [1.82, 2.24) is 4.90 Å². The summed E-state index contributed by atoms with van der Waals surface area (Å²) < 4.78 is 22.9. The Balaban J connectivity index is 2.09. The second-order valence-corrected chi connectivity index (χ2v) is 8.37. The quantitative estimate of drug-likeness (QED) is 0.833. The van der Waals surface area contributed by atoms with E-state index in [-0.39, 0.29) is 10.8 Å². The third-order valence-electron chi connectivity index (χ3n) is 3.94. The van der Waals surface area contributed by atoms with Gasteiger partial charge >= 0.3 is 0 Å². The molecule has 4 nitrogen and oxygen atoms in total. The van der Waals surface area contributed by atoms with Gasteiger partial charge in [0.05, 0.1) is 4.90 Å². The van der Waals surface area contributed by atoms with Gasteiger partial charge in [-0.15, -0.1) is 0 Å². The van der Waals surface area contributed by atoms with Gasteiger partial charge in [-0.05, 0) is 41.3 Å². The number of sulfone groups is 1. The van der Waals surface area contributed by atoms with Crippen LogP contribution in [0.5, 0.6) is 0 Å². The second-order valence-electron chi connectivity index (χ2n) is 6.35. The first-order valence-corrected chi connectivity index (χ1v) is 9.72. The summed E-state index contributed by atoms with van der Waals surface area (Å²) in [6.45, 7) is 4.79. The third kappa shape index (κ3) is 4.45. The normalized spacial score (nSPS) is 11.5. The minimum absolute atomic E-state index is 0.136. The Labute approximate surface area is 144 Å². The maximum atomic E-state index is 12.5. The van der Waals surface area contributed by atoms with Crippen LogP contribution in [-0.2, 0) is 16.4 Å². The van der Waals surface area contributed by atoms with Gasteiger partial charge in [-0.3, -0.25) is 4.79 Å². The van der Waals surface area contributed by atoms with Crippen molar-refractivity contribution in [1.29, 1.82) is 0 Å². The lowest BCUT2D eigenvalue weighted by molar-refractivity contribution is 0.0785. The summed E-state index contributed by atoms with van der Waals surface area (Å²) in [7, 11) is -1.51. The predicted molar refractivity (Wildman–Crippen MR) is 95.9 cm³/mol. The highest BCUT2D eigenvalue weighted by Crippen LogP contribution is 2.17. The number of benzene rings is 2. The number of amides is 1. The van der Waals surface area contributed by atoms with Crippen molar-refractivity contribution in [3.8, 4) is 0 Å². The topological polar surface area (TPSA) is 54.5 Å². The number of carbonyl (C=O) groups excluding carboxylic acids is 1. The Morgan fingerprint density at radius 1 is 1.00 bits per heavy atom. The Morgan fingerprint density at radius 3 is 2.00 bits per heavy atom.